The van der Waals surface area contributed by atoms with Gasteiger partial charge in [0.25, 0.3) is 0 Å². The molecular formula is C12H17ClFN. The molecule has 0 bridgehead atoms. The smallest absolute Gasteiger partial charge is 0.127 e. The van der Waals surface area contributed by atoms with Gasteiger partial charge in [0.15, 0.2) is 0 Å². The Labute approximate surface area is 95.6 Å². The van der Waals surface area contributed by atoms with Crippen LogP contribution in [0.15, 0.2) is 18.2 Å². The summed E-state index contributed by atoms with van der Waals surface area (Å²) in [5, 5.41) is 3.64. The van der Waals surface area contributed by atoms with Gasteiger partial charge >= 0.3 is 0 Å². The van der Waals surface area contributed by atoms with Crippen molar-refractivity contribution >= 4 is 11.6 Å². The van der Waals surface area contributed by atoms with E-state index in [1.807, 2.05) is 7.05 Å². The lowest BCUT2D eigenvalue weighted by molar-refractivity contribution is 0.418. The van der Waals surface area contributed by atoms with Gasteiger partial charge in [-0.05, 0) is 37.1 Å². The number of hydrogen-bond acceptors (Lipinski definition) is 1. The Balaban J connectivity index is 2.79. The number of rotatable bonds is 4. The molecule has 1 nitrogen and oxygen atoms in total. The van der Waals surface area contributed by atoms with Crippen molar-refractivity contribution in [2.45, 2.75) is 26.3 Å². The molecule has 0 aliphatic carbocycles. The average molecular weight is 230 g/mol. The first-order valence-corrected chi connectivity index (χ1v) is 5.53. The van der Waals surface area contributed by atoms with Crippen molar-refractivity contribution in [2.75, 3.05) is 7.05 Å². The van der Waals surface area contributed by atoms with Crippen molar-refractivity contribution in [3.05, 3.63) is 34.6 Å². The van der Waals surface area contributed by atoms with Crippen LogP contribution in [0.3, 0.4) is 0 Å². The van der Waals surface area contributed by atoms with E-state index in [-0.39, 0.29) is 5.82 Å². The molecule has 0 spiro atoms. The third kappa shape index (κ3) is 3.47. The van der Waals surface area contributed by atoms with Gasteiger partial charge in [-0.2, -0.15) is 0 Å². The van der Waals surface area contributed by atoms with Crippen molar-refractivity contribution in [1.29, 1.82) is 0 Å². The summed E-state index contributed by atoms with van der Waals surface area (Å²) in [7, 11) is 1.90. The van der Waals surface area contributed by atoms with E-state index in [0.29, 0.717) is 29.0 Å². The maximum Gasteiger partial charge on any atom is 0.127 e. The molecule has 0 aromatic heterocycles. The second kappa shape index (κ2) is 5.47. The standard InChI is InChI=1S/C12H17ClFN/c1-8(2)12(15-3)6-9-4-5-10(13)7-11(9)14/h4-5,7-8,12,15H,6H2,1-3H3. The van der Waals surface area contributed by atoms with E-state index in [2.05, 4.69) is 19.2 Å². The normalized spacial score (nSPS) is 13.2. The Morgan fingerprint density at radius 3 is 2.53 bits per heavy atom. The molecular weight excluding hydrogens is 213 g/mol. The molecule has 3 heteroatoms. The van der Waals surface area contributed by atoms with Crippen LogP contribution in [0.1, 0.15) is 19.4 Å². The molecule has 0 radical (unpaired) electrons. The monoisotopic (exact) mass is 229 g/mol. The highest BCUT2D eigenvalue weighted by atomic mass is 35.5. The van der Waals surface area contributed by atoms with Crippen LogP contribution in [0.4, 0.5) is 4.39 Å². The molecule has 84 valence electrons. The summed E-state index contributed by atoms with van der Waals surface area (Å²) in [5.74, 6) is 0.258. The summed E-state index contributed by atoms with van der Waals surface area (Å²) in [5.41, 5.74) is 0.715. The molecule has 1 N–H and O–H groups in total. The van der Waals surface area contributed by atoms with E-state index < -0.39 is 0 Å². The van der Waals surface area contributed by atoms with Gasteiger partial charge in [0, 0.05) is 11.1 Å². The van der Waals surface area contributed by atoms with Crippen LogP contribution in [-0.4, -0.2) is 13.1 Å². The van der Waals surface area contributed by atoms with Crippen LogP contribution in [0, 0.1) is 11.7 Å². The molecule has 1 atom stereocenters. The summed E-state index contributed by atoms with van der Waals surface area (Å²) < 4.78 is 13.5. The number of halogens is 2. The molecule has 1 aromatic rings. The predicted octanol–water partition coefficient (Wildman–Crippen LogP) is 3.27. The summed E-state index contributed by atoms with van der Waals surface area (Å²) >= 11 is 5.69. The van der Waals surface area contributed by atoms with Gasteiger partial charge < -0.3 is 5.32 Å². The van der Waals surface area contributed by atoms with Crippen LogP contribution in [0.2, 0.25) is 5.02 Å². The number of benzene rings is 1. The Morgan fingerprint density at radius 1 is 1.40 bits per heavy atom. The third-order valence-electron chi connectivity index (χ3n) is 2.63. The number of nitrogens with one attached hydrogen (secondary N) is 1. The first-order chi connectivity index (χ1) is 7.04. The Kier molecular flexibility index (Phi) is 4.55. The minimum Gasteiger partial charge on any atom is -0.316 e. The largest absolute Gasteiger partial charge is 0.316 e. The maximum atomic E-state index is 13.5. The first-order valence-electron chi connectivity index (χ1n) is 5.15. The van der Waals surface area contributed by atoms with Crippen molar-refractivity contribution in [2.24, 2.45) is 5.92 Å². The lowest BCUT2D eigenvalue weighted by atomic mass is 9.96. The van der Waals surface area contributed by atoms with E-state index in [4.69, 9.17) is 11.6 Å². The molecule has 15 heavy (non-hydrogen) atoms. The summed E-state index contributed by atoms with van der Waals surface area (Å²) in [6.45, 7) is 4.24. The highest BCUT2D eigenvalue weighted by molar-refractivity contribution is 6.30. The molecule has 1 rings (SSSR count). The molecule has 0 heterocycles. The van der Waals surface area contributed by atoms with Crippen molar-refractivity contribution < 1.29 is 4.39 Å². The van der Waals surface area contributed by atoms with Gasteiger partial charge in [-0.15, -0.1) is 0 Å². The molecule has 0 aliphatic rings. The minimum absolute atomic E-state index is 0.219. The second-order valence-corrected chi connectivity index (χ2v) is 4.52. The van der Waals surface area contributed by atoms with Gasteiger partial charge in [-0.3, -0.25) is 0 Å². The second-order valence-electron chi connectivity index (χ2n) is 4.08. The first kappa shape index (κ1) is 12.5. The van der Waals surface area contributed by atoms with Gasteiger partial charge in [-0.1, -0.05) is 31.5 Å². The highest BCUT2D eigenvalue weighted by Crippen LogP contribution is 2.17. The summed E-state index contributed by atoms with van der Waals surface area (Å²) in [6.07, 6.45) is 0.692. The highest BCUT2D eigenvalue weighted by Gasteiger charge is 2.13. The van der Waals surface area contributed by atoms with Gasteiger partial charge in [-0.25, -0.2) is 4.39 Å². The van der Waals surface area contributed by atoms with Crippen molar-refractivity contribution in [3.63, 3.8) is 0 Å². The van der Waals surface area contributed by atoms with E-state index in [0.717, 1.165) is 0 Å². The molecule has 0 aliphatic heterocycles. The van der Waals surface area contributed by atoms with Crippen LogP contribution in [-0.2, 0) is 6.42 Å². The fourth-order valence-electron chi connectivity index (χ4n) is 1.60. The minimum atomic E-state index is -0.219. The van der Waals surface area contributed by atoms with Crippen molar-refractivity contribution in [3.8, 4) is 0 Å². The summed E-state index contributed by atoms with van der Waals surface area (Å²) in [4.78, 5) is 0. The Hall–Kier alpha value is -0.600. The molecule has 1 aromatic carbocycles. The average Bonchev–Trinajstić information content (AvgIpc) is 2.16. The Morgan fingerprint density at radius 2 is 2.07 bits per heavy atom. The van der Waals surface area contributed by atoms with E-state index in [1.54, 1.807) is 12.1 Å². The fourth-order valence-corrected chi connectivity index (χ4v) is 1.75. The lowest BCUT2D eigenvalue weighted by Crippen LogP contribution is -2.33. The fraction of sp³-hybridized carbons (Fsp3) is 0.500. The van der Waals surface area contributed by atoms with Crippen molar-refractivity contribution in [1.82, 2.24) is 5.32 Å². The molecule has 0 amide bonds. The summed E-state index contributed by atoms with van der Waals surface area (Å²) in [6, 6.07) is 5.14. The SMILES string of the molecule is CNC(Cc1ccc(Cl)cc1F)C(C)C. The number of likely N-dealkylation sites (N-methyl/N-ethyl adjacent to an activating group) is 1. The van der Waals surface area contributed by atoms with E-state index in [1.165, 1.54) is 6.07 Å². The quantitative estimate of drug-likeness (QED) is 0.836. The third-order valence-corrected chi connectivity index (χ3v) is 2.87. The zero-order valence-electron chi connectivity index (χ0n) is 9.35. The Bertz CT molecular complexity index is 325. The lowest BCUT2D eigenvalue weighted by Gasteiger charge is -2.20. The zero-order valence-corrected chi connectivity index (χ0v) is 10.1. The van der Waals surface area contributed by atoms with Crippen LogP contribution in [0.25, 0.3) is 0 Å². The molecule has 0 saturated carbocycles. The molecule has 0 fully saturated rings. The van der Waals surface area contributed by atoms with E-state index >= 15 is 0 Å². The van der Waals surface area contributed by atoms with E-state index in [9.17, 15) is 4.39 Å². The van der Waals surface area contributed by atoms with Gasteiger partial charge in [0.05, 0.1) is 0 Å². The van der Waals surface area contributed by atoms with Gasteiger partial charge in [0.2, 0.25) is 0 Å². The number of hydrogen-bond donors (Lipinski definition) is 1. The van der Waals surface area contributed by atoms with Crippen LogP contribution < -0.4 is 5.32 Å². The van der Waals surface area contributed by atoms with Gasteiger partial charge in [0.1, 0.15) is 5.82 Å². The predicted molar refractivity (Wildman–Crippen MR) is 62.8 cm³/mol. The molecule has 1 unspecified atom stereocenters. The zero-order chi connectivity index (χ0) is 11.4. The topological polar surface area (TPSA) is 12.0 Å². The molecule has 0 saturated heterocycles. The van der Waals surface area contributed by atoms with Crippen LogP contribution in [0.5, 0.6) is 0 Å². The maximum absolute atomic E-state index is 13.5. The van der Waals surface area contributed by atoms with Crippen LogP contribution >= 0.6 is 11.6 Å².